The standard InChI is InChI=1S/C26H32O2Si2/c1-21-12-8-10-16-25(21)30(26-17-11-9-13-22(26)2)24(18-19-27-30)20-28-29(3,4)23-14-6-5-7-15-23/h5-17,24H,18-20H2,1-4H3/t24-/m0/s1. The van der Waals surface area contributed by atoms with Gasteiger partial charge in [0.15, 0.2) is 0 Å². The molecule has 1 atom stereocenters. The molecule has 1 saturated heterocycles. The van der Waals surface area contributed by atoms with E-state index in [-0.39, 0.29) is 0 Å². The lowest BCUT2D eigenvalue weighted by atomic mass is 10.2. The minimum Gasteiger partial charge on any atom is -0.413 e. The Kier molecular flexibility index (Phi) is 6.12. The van der Waals surface area contributed by atoms with Crippen LogP contribution < -0.4 is 15.6 Å². The Bertz CT molecular complexity index is 955. The van der Waals surface area contributed by atoms with Crippen molar-refractivity contribution in [1.29, 1.82) is 0 Å². The summed E-state index contributed by atoms with van der Waals surface area (Å²) < 4.78 is 13.6. The van der Waals surface area contributed by atoms with Crippen LogP contribution in [-0.4, -0.2) is 29.8 Å². The smallest absolute Gasteiger partial charge is 0.261 e. The Morgan fingerprint density at radius 1 is 0.833 bits per heavy atom. The predicted octanol–water partition coefficient (Wildman–Crippen LogP) is 4.28. The van der Waals surface area contributed by atoms with Crippen LogP contribution in [0.3, 0.4) is 0 Å². The molecule has 0 spiro atoms. The summed E-state index contributed by atoms with van der Waals surface area (Å²) in [6.45, 7) is 10.7. The fourth-order valence-corrected chi connectivity index (χ4v) is 11.8. The summed E-state index contributed by atoms with van der Waals surface area (Å²) in [6.07, 6.45) is 1.06. The first kappa shape index (κ1) is 21.3. The first-order valence-electron chi connectivity index (χ1n) is 10.9. The molecule has 1 fully saturated rings. The van der Waals surface area contributed by atoms with Crippen molar-refractivity contribution >= 4 is 32.2 Å². The molecule has 0 saturated carbocycles. The summed E-state index contributed by atoms with van der Waals surface area (Å²) in [5.41, 5.74) is 3.08. The van der Waals surface area contributed by atoms with E-state index in [9.17, 15) is 0 Å². The average molecular weight is 433 g/mol. The van der Waals surface area contributed by atoms with Crippen LogP contribution in [0.5, 0.6) is 0 Å². The molecule has 0 radical (unpaired) electrons. The second-order valence-corrected chi connectivity index (χ2v) is 16.4. The lowest BCUT2D eigenvalue weighted by molar-refractivity contribution is 0.306. The van der Waals surface area contributed by atoms with Gasteiger partial charge in [-0.25, -0.2) is 0 Å². The van der Waals surface area contributed by atoms with Crippen molar-refractivity contribution in [3.05, 3.63) is 90.0 Å². The van der Waals surface area contributed by atoms with Gasteiger partial charge in [0, 0.05) is 18.8 Å². The van der Waals surface area contributed by atoms with E-state index in [2.05, 4.69) is 106 Å². The molecule has 3 aromatic carbocycles. The molecular weight excluding hydrogens is 400 g/mol. The number of hydrogen-bond donors (Lipinski definition) is 0. The second-order valence-electron chi connectivity index (χ2n) is 8.89. The number of aryl methyl sites for hydroxylation is 2. The molecule has 1 heterocycles. The zero-order valence-electron chi connectivity index (χ0n) is 18.5. The summed E-state index contributed by atoms with van der Waals surface area (Å²) in [5, 5.41) is 4.16. The van der Waals surface area contributed by atoms with E-state index in [0.29, 0.717) is 5.54 Å². The molecule has 1 aliphatic heterocycles. The Balaban J connectivity index is 1.73. The van der Waals surface area contributed by atoms with Gasteiger partial charge in [-0.2, -0.15) is 0 Å². The number of hydrogen-bond acceptors (Lipinski definition) is 2. The van der Waals surface area contributed by atoms with Crippen molar-refractivity contribution < 1.29 is 8.85 Å². The third kappa shape index (κ3) is 3.85. The summed E-state index contributed by atoms with van der Waals surface area (Å²) in [5.74, 6) is 0. The van der Waals surface area contributed by atoms with Crippen LogP contribution in [0.2, 0.25) is 18.6 Å². The molecule has 30 heavy (non-hydrogen) atoms. The van der Waals surface area contributed by atoms with Gasteiger partial charge in [0.05, 0.1) is 0 Å². The quantitative estimate of drug-likeness (QED) is 0.541. The van der Waals surface area contributed by atoms with Crippen LogP contribution in [-0.2, 0) is 8.85 Å². The van der Waals surface area contributed by atoms with E-state index in [0.717, 1.165) is 19.6 Å². The molecule has 0 amide bonds. The molecule has 3 aromatic rings. The third-order valence-electron chi connectivity index (χ3n) is 6.58. The maximum absolute atomic E-state index is 6.83. The Morgan fingerprint density at radius 3 is 1.93 bits per heavy atom. The molecule has 0 N–H and O–H groups in total. The van der Waals surface area contributed by atoms with Crippen LogP contribution >= 0.6 is 0 Å². The molecule has 0 bridgehead atoms. The Hall–Kier alpha value is -1.99. The predicted molar refractivity (Wildman–Crippen MR) is 131 cm³/mol. The first-order valence-corrected chi connectivity index (χ1v) is 15.8. The van der Waals surface area contributed by atoms with Crippen molar-refractivity contribution in [2.75, 3.05) is 13.2 Å². The van der Waals surface area contributed by atoms with E-state index >= 15 is 0 Å². The number of rotatable bonds is 6. The zero-order valence-corrected chi connectivity index (χ0v) is 20.5. The average Bonchev–Trinajstić information content (AvgIpc) is 3.18. The summed E-state index contributed by atoms with van der Waals surface area (Å²) in [6, 6.07) is 28.4. The zero-order chi connectivity index (χ0) is 21.2. The maximum Gasteiger partial charge on any atom is 0.261 e. The Labute approximate surface area is 183 Å². The van der Waals surface area contributed by atoms with Crippen molar-refractivity contribution in [2.45, 2.75) is 38.9 Å². The van der Waals surface area contributed by atoms with Crippen molar-refractivity contribution in [1.82, 2.24) is 0 Å². The van der Waals surface area contributed by atoms with Crippen molar-refractivity contribution in [2.24, 2.45) is 0 Å². The fraction of sp³-hybridized carbons (Fsp3) is 0.308. The van der Waals surface area contributed by atoms with E-state index in [1.807, 2.05) is 0 Å². The van der Waals surface area contributed by atoms with Gasteiger partial charge >= 0.3 is 0 Å². The fourth-order valence-electron chi connectivity index (χ4n) is 4.84. The summed E-state index contributed by atoms with van der Waals surface area (Å²) in [7, 11) is -4.38. The van der Waals surface area contributed by atoms with Gasteiger partial charge in [-0.3, -0.25) is 0 Å². The van der Waals surface area contributed by atoms with E-state index in [1.165, 1.54) is 26.7 Å². The van der Waals surface area contributed by atoms with Gasteiger partial charge in [-0.15, -0.1) is 0 Å². The van der Waals surface area contributed by atoms with E-state index in [1.54, 1.807) is 0 Å². The molecule has 0 aromatic heterocycles. The van der Waals surface area contributed by atoms with Crippen LogP contribution in [0.4, 0.5) is 0 Å². The highest BCUT2D eigenvalue weighted by Crippen LogP contribution is 2.35. The van der Waals surface area contributed by atoms with E-state index < -0.39 is 16.6 Å². The normalized spacial score (nSPS) is 18.5. The van der Waals surface area contributed by atoms with Gasteiger partial charge in [-0.05, 0) is 60.0 Å². The second kappa shape index (κ2) is 8.63. The van der Waals surface area contributed by atoms with Crippen molar-refractivity contribution in [3.63, 3.8) is 0 Å². The molecular formula is C26H32O2Si2. The highest BCUT2D eigenvalue weighted by atomic mass is 28.4. The van der Waals surface area contributed by atoms with Crippen LogP contribution in [0.25, 0.3) is 0 Å². The summed E-state index contributed by atoms with van der Waals surface area (Å²) >= 11 is 0. The minimum atomic E-state index is -2.41. The van der Waals surface area contributed by atoms with Crippen LogP contribution in [0.15, 0.2) is 78.9 Å². The topological polar surface area (TPSA) is 18.5 Å². The molecule has 4 heteroatoms. The lowest BCUT2D eigenvalue weighted by Crippen LogP contribution is -2.64. The molecule has 1 aliphatic rings. The lowest BCUT2D eigenvalue weighted by Gasteiger charge is -2.36. The molecule has 4 rings (SSSR count). The molecule has 0 unspecified atom stereocenters. The van der Waals surface area contributed by atoms with Crippen molar-refractivity contribution in [3.8, 4) is 0 Å². The largest absolute Gasteiger partial charge is 0.413 e. The summed E-state index contributed by atoms with van der Waals surface area (Å²) in [4.78, 5) is 0. The highest BCUT2D eigenvalue weighted by Gasteiger charge is 2.52. The highest BCUT2D eigenvalue weighted by molar-refractivity contribution is 6.99. The SMILES string of the molecule is Cc1ccccc1[Si]1(c2ccccc2C)OCC[C@H]1CO[Si](C)(C)c1ccccc1. The Morgan fingerprint density at radius 2 is 1.37 bits per heavy atom. The molecule has 156 valence electrons. The minimum absolute atomic E-state index is 0.412. The maximum atomic E-state index is 6.83. The van der Waals surface area contributed by atoms with Crippen LogP contribution in [0, 0.1) is 13.8 Å². The van der Waals surface area contributed by atoms with Crippen LogP contribution in [0.1, 0.15) is 17.5 Å². The number of benzene rings is 3. The van der Waals surface area contributed by atoms with Gasteiger partial charge in [-0.1, -0.05) is 78.9 Å². The first-order chi connectivity index (χ1) is 14.4. The third-order valence-corrected chi connectivity index (χ3v) is 14.2. The molecule has 2 nitrogen and oxygen atoms in total. The molecule has 0 aliphatic carbocycles. The van der Waals surface area contributed by atoms with Gasteiger partial charge < -0.3 is 8.85 Å². The van der Waals surface area contributed by atoms with E-state index in [4.69, 9.17) is 8.85 Å². The monoisotopic (exact) mass is 432 g/mol. The van der Waals surface area contributed by atoms with Gasteiger partial charge in [0.2, 0.25) is 8.32 Å². The van der Waals surface area contributed by atoms with Gasteiger partial charge in [0.1, 0.15) is 0 Å². The van der Waals surface area contributed by atoms with Gasteiger partial charge in [0.25, 0.3) is 8.32 Å².